The van der Waals surface area contributed by atoms with Crippen molar-refractivity contribution in [2.45, 2.75) is 25.2 Å². The Kier molecular flexibility index (Phi) is 5.07. The fraction of sp³-hybridized carbons (Fsp3) is 0.421. The summed E-state index contributed by atoms with van der Waals surface area (Å²) in [7, 11) is 1.73. The number of methoxy groups -OCH3 is 1. The van der Waals surface area contributed by atoms with Crippen LogP contribution in [-0.4, -0.2) is 36.6 Å². The second-order valence-electron chi connectivity index (χ2n) is 6.03. The molecular weight excluding hydrogens is 272 g/mol. The summed E-state index contributed by atoms with van der Waals surface area (Å²) in [5, 5.41) is 0. The van der Waals surface area contributed by atoms with E-state index in [-0.39, 0.29) is 0 Å². The number of aryl methyl sites for hydroxylation is 1. The Morgan fingerprint density at radius 2 is 2.23 bits per heavy atom. The second kappa shape index (κ2) is 7.41. The van der Waals surface area contributed by atoms with Gasteiger partial charge in [0.05, 0.1) is 7.11 Å². The van der Waals surface area contributed by atoms with Crippen molar-refractivity contribution in [2.75, 3.05) is 26.7 Å². The Bertz CT molecular complexity index is 585. The van der Waals surface area contributed by atoms with E-state index in [1.807, 2.05) is 24.5 Å². The van der Waals surface area contributed by atoms with Gasteiger partial charge in [-0.3, -0.25) is 4.98 Å². The predicted molar refractivity (Wildman–Crippen MR) is 89.4 cm³/mol. The second-order valence-corrected chi connectivity index (χ2v) is 6.03. The lowest BCUT2D eigenvalue weighted by Gasteiger charge is -2.16. The fourth-order valence-corrected chi connectivity index (χ4v) is 3.26. The summed E-state index contributed by atoms with van der Waals surface area (Å²) in [4.78, 5) is 6.76. The summed E-state index contributed by atoms with van der Waals surface area (Å²) in [6.45, 7) is 3.55. The van der Waals surface area contributed by atoms with Crippen LogP contribution in [-0.2, 0) is 6.42 Å². The van der Waals surface area contributed by atoms with Crippen LogP contribution in [0.4, 0.5) is 0 Å². The first-order valence-electron chi connectivity index (χ1n) is 8.10. The summed E-state index contributed by atoms with van der Waals surface area (Å²) in [5.41, 5.74) is 2.75. The topological polar surface area (TPSA) is 25.4 Å². The van der Waals surface area contributed by atoms with Crippen molar-refractivity contribution >= 4 is 0 Å². The fourth-order valence-electron chi connectivity index (χ4n) is 3.26. The number of hydrogen-bond acceptors (Lipinski definition) is 3. The Balaban J connectivity index is 1.47. The van der Waals surface area contributed by atoms with Crippen molar-refractivity contribution in [3.05, 3.63) is 59.9 Å². The number of rotatable bonds is 6. The zero-order valence-corrected chi connectivity index (χ0v) is 13.2. The van der Waals surface area contributed by atoms with E-state index in [1.165, 1.54) is 43.6 Å². The smallest absolute Gasteiger partial charge is 0.119 e. The number of hydrogen-bond donors (Lipinski definition) is 0. The van der Waals surface area contributed by atoms with Gasteiger partial charge in [0.25, 0.3) is 0 Å². The first-order chi connectivity index (χ1) is 10.8. The summed E-state index contributed by atoms with van der Waals surface area (Å²) >= 11 is 0. The van der Waals surface area contributed by atoms with Gasteiger partial charge in [0.15, 0.2) is 0 Å². The van der Waals surface area contributed by atoms with E-state index in [0.717, 1.165) is 12.2 Å². The van der Waals surface area contributed by atoms with E-state index in [4.69, 9.17) is 4.74 Å². The largest absolute Gasteiger partial charge is 0.497 e. The van der Waals surface area contributed by atoms with E-state index < -0.39 is 0 Å². The molecule has 1 aromatic heterocycles. The first-order valence-corrected chi connectivity index (χ1v) is 8.10. The minimum atomic E-state index is 0.647. The third-order valence-corrected chi connectivity index (χ3v) is 4.50. The highest BCUT2D eigenvalue weighted by molar-refractivity contribution is 5.31. The Morgan fingerprint density at radius 1 is 1.27 bits per heavy atom. The van der Waals surface area contributed by atoms with Gasteiger partial charge < -0.3 is 9.64 Å². The third-order valence-electron chi connectivity index (χ3n) is 4.50. The molecule has 1 saturated heterocycles. The standard InChI is InChI=1S/C19H24N2O/c1-22-19-8-2-7-17(13-19)18-9-12-21(15-18)11-4-6-16-5-3-10-20-14-16/h2-3,5,7-8,10,13-14,18H,4,6,9,11-12,15H2,1H3/t18-/m0/s1. The zero-order chi connectivity index (χ0) is 15.2. The summed E-state index contributed by atoms with van der Waals surface area (Å²) in [5.74, 6) is 1.61. The Labute approximate surface area is 132 Å². The molecule has 3 nitrogen and oxygen atoms in total. The number of aromatic nitrogens is 1. The van der Waals surface area contributed by atoms with Crippen LogP contribution >= 0.6 is 0 Å². The Morgan fingerprint density at radius 3 is 3.05 bits per heavy atom. The highest BCUT2D eigenvalue weighted by Gasteiger charge is 2.23. The molecule has 0 bridgehead atoms. The van der Waals surface area contributed by atoms with Crippen LogP contribution in [0.25, 0.3) is 0 Å². The minimum Gasteiger partial charge on any atom is -0.497 e. The lowest BCUT2D eigenvalue weighted by atomic mass is 9.98. The molecule has 22 heavy (non-hydrogen) atoms. The highest BCUT2D eigenvalue weighted by Crippen LogP contribution is 2.29. The lowest BCUT2D eigenvalue weighted by Crippen LogP contribution is -2.22. The number of benzene rings is 1. The molecule has 0 aliphatic carbocycles. The molecule has 1 aromatic carbocycles. The molecule has 2 heterocycles. The summed E-state index contributed by atoms with van der Waals surface area (Å²) in [6, 6.07) is 12.7. The summed E-state index contributed by atoms with van der Waals surface area (Å²) in [6.07, 6.45) is 7.39. The van der Waals surface area contributed by atoms with Crippen LogP contribution in [0, 0.1) is 0 Å². The number of ether oxygens (including phenoxy) is 1. The van der Waals surface area contributed by atoms with Crippen molar-refractivity contribution in [3.8, 4) is 5.75 Å². The van der Waals surface area contributed by atoms with Crippen LogP contribution in [0.2, 0.25) is 0 Å². The number of pyridine rings is 1. The van der Waals surface area contributed by atoms with Crippen molar-refractivity contribution in [1.82, 2.24) is 9.88 Å². The predicted octanol–water partition coefficient (Wildman–Crippen LogP) is 3.51. The van der Waals surface area contributed by atoms with Gasteiger partial charge in [-0.05, 0) is 67.6 Å². The minimum absolute atomic E-state index is 0.647. The lowest BCUT2D eigenvalue weighted by molar-refractivity contribution is 0.329. The molecule has 1 atom stereocenters. The average molecular weight is 296 g/mol. The van der Waals surface area contributed by atoms with Gasteiger partial charge in [0, 0.05) is 18.9 Å². The maximum Gasteiger partial charge on any atom is 0.119 e. The maximum absolute atomic E-state index is 5.34. The van der Waals surface area contributed by atoms with E-state index in [9.17, 15) is 0 Å². The molecule has 1 fully saturated rings. The Hall–Kier alpha value is -1.87. The quantitative estimate of drug-likeness (QED) is 0.815. The van der Waals surface area contributed by atoms with Crippen LogP contribution in [0.3, 0.4) is 0 Å². The van der Waals surface area contributed by atoms with Gasteiger partial charge in [-0.2, -0.15) is 0 Å². The third kappa shape index (κ3) is 3.86. The van der Waals surface area contributed by atoms with Crippen LogP contribution in [0.1, 0.15) is 29.9 Å². The number of likely N-dealkylation sites (tertiary alicyclic amines) is 1. The SMILES string of the molecule is COc1cccc([C@H]2CCN(CCCc3cccnc3)C2)c1. The molecule has 0 radical (unpaired) electrons. The van der Waals surface area contributed by atoms with Crippen LogP contribution < -0.4 is 4.74 Å². The molecule has 3 rings (SSSR count). The van der Waals surface area contributed by atoms with Crippen molar-refractivity contribution in [1.29, 1.82) is 0 Å². The zero-order valence-electron chi connectivity index (χ0n) is 13.2. The molecule has 0 spiro atoms. The van der Waals surface area contributed by atoms with Gasteiger partial charge in [0.2, 0.25) is 0 Å². The molecule has 0 N–H and O–H groups in total. The van der Waals surface area contributed by atoms with E-state index in [2.05, 4.69) is 34.1 Å². The highest BCUT2D eigenvalue weighted by atomic mass is 16.5. The monoisotopic (exact) mass is 296 g/mol. The van der Waals surface area contributed by atoms with Gasteiger partial charge in [0.1, 0.15) is 5.75 Å². The normalized spacial score (nSPS) is 18.5. The van der Waals surface area contributed by atoms with E-state index >= 15 is 0 Å². The molecular formula is C19H24N2O. The average Bonchev–Trinajstić information content (AvgIpc) is 3.05. The molecule has 116 valence electrons. The number of nitrogens with zero attached hydrogens (tertiary/aromatic N) is 2. The first kappa shape index (κ1) is 15.0. The van der Waals surface area contributed by atoms with Crippen LogP contribution in [0.5, 0.6) is 5.75 Å². The molecule has 3 heteroatoms. The molecule has 1 aliphatic rings. The maximum atomic E-state index is 5.34. The molecule has 0 saturated carbocycles. The molecule has 2 aromatic rings. The van der Waals surface area contributed by atoms with Gasteiger partial charge >= 0.3 is 0 Å². The molecule has 0 amide bonds. The van der Waals surface area contributed by atoms with E-state index in [0.29, 0.717) is 5.92 Å². The van der Waals surface area contributed by atoms with Crippen LogP contribution in [0.15, 0.2) is 48.8 Å². The van der Waals surface area contributed by atoms with Crippen molar-refractivity contribution < 1.29 is 4.74 Å². The van der Waals surface area contributed by atoms with Gasteiger partial charge in [-0.15, -0.1) is 0 Å². The van der Waals surface area contributed by atoms with E-state index in [1.54, 1.807) is 7.11 Å². The molecule has 0 unspecified atom stereocenters. The van der Waals surface area contributed by atoms with Gasteiger partial charge in [-0.25, -0.2) is 0 Å². The summed E-state index contributed by atoms with van der Waals surface area (Å²) < 4.78 is 5.34. The van der Waals surface area contributed by atoms with Gasteiger partial charge in [-0.1, -0.05) is 18.2 Å². The van der Waals surface area contributed by atoms with Crippen molar-refractivity contribution in [3.63, 3.8) is 0 Å². The van der Waals surface area contributed by atoms with Crippen molar-refractivity contribution in [2.24, 2.45) is 0 Å². The molecule has 1 aliphatic heterocycles.